The molecule has 0 aliphatic carbocycles. The van der Waals surface area contributed by atoms with Crippen molar-refractivity contribution in [2.75, 3.05) is 6.61 Å². The zero-order chi connectivity index (χ0) is 13.7. The van der Waals surface area contributed by atoms with Crippen molar-refractivity contribution in [1.82, 2.24) is 9.55 Å². The molecule has 2 rings (SSSR count). The third-order valence-corrected chi connectivity index (χ3v) is 2.80. The summed E-state index contributed by atoms with van der Waals surface area (Å²) in [4.78, 5) is 14.7. The highest BCUT2D eigenvalue weighted by atomic mass is 16.5. The second-order valence-electron chi connectivity index (χ2n) is 4.23. The van der Waals surface area contributed by atoms with Gasteiger partial charge in [-0.25, -0.2) is 4.98 Å². The highest BCUT2D eigenvalue weighted by molar-refractivity contribution is 5.70. The van der Waals surface area contributed by atoms with Crippen LogP contribution < -0.4 is 4.74 Å². The number of carbonyl (C=O) groups is 1. The van der Waals surface area contributed by atoms with Gasteiger partial charge in [0.1, 0.15) is 18.2 Å². The van der Waals surface area contributed by atoms with Gasteiger partial charge in [-0.15, -0.1) is 0 Å². The molecular formula is C14H16N2O3. The van der Waals surface area contributed by atoms with Crippen LogP contribution in [-0.2, 0) is 17.8 Å². The monoisotopic (exact) mass is 260 g/mol. The smallest absolute Gasteiger partial charge is 0.307 e. The Kier molecular flexibility index (Phi) is 4.18. The van der Waals surface area contributed by atoms with Crippen LogP contribution in [0.25, 0.3) is 0 Å². The topological polar surface area (TPSA) is 64.4 Å². The van der Waals surface area contributed by atoms with Crippen LogP contribution in [-0.4, -0.2) is 27.2 Å². The molecule has 100 valence electrons. The molecule has 1 heterocycles. The summed E-state index contributed by atoms with van der Waals surface area (Å²) in [5.41, 5.74) is 0.769. The second-order valence-corrected chi connectivity index (χ2v) is 4.23. The summed E-state index contributed by atoms with van der Waals surface area (Å²) in [7, 11) is 0. The molecule has 0 amide bonds. The Balaban J connectivity index is 1.83. The molecule has 0 spiro atoms. The van der Waals surface area contributed by atoms with E-state index in [0.717, 1.165) is 23.7 Å². The fourth-order valence-corrected chi connectivity index (χ4v) is 1.78. The number of benzene rings is 1. The Bertz CT molecular complexity index is 546. The average Bonchev–Trinajstić information content (AvgIpc) is 2.77. The number of aromatic nitrogens is 2. The van der Waals surface area contributed by atoms with E-state index in [0.29, 0.717) is 6.61 Å². The average molecular weight is 260 g/mol. The first-order valence-corrected chi connectivity index (χ1v) is 6.06. The molecule has 19 heavy (non-hydrogen) atoms. The van der Waals surface area contributed by atoms with Crippen LogP contribution in [0.5, 0.6) is 5.75 Å². The summed E-state index contributed by atoms with van der Waals surface area (Å²) in [5.74, 6) is 0.872. The predicted octanol–water partition coefficient (Wildman–Crippen LogP) is 1.90. The summed E-state index contributed by atoms with van der Waals surface area (Å²) in [6, 6.07) is 7.12. The summed E-state index contributed by atoms with van der Waals surface area (Å²) >= 11 is 0. The van der Waals surface area contributed by atoms with E-state index in [9.17, 15) is 4.79 Å². The zero-order valence-electron chi connectivity index (χ0n) is 10.7. The lowest BCUT2D eigenvalue weighted by Crippen LogP contribution is -2.08. The summed E-state index contributed by atoms with van der Waals surface area (Å²) < 4.78 is 7.61. The first kappa shape index (κ1) is 13.1. The summed E-state index contributed by atoms with van der Waals surface area (Å²) in [6.07, 6.45) is 3.71. The largest absolute Gasteiger partial charge is 0.492 e. The van der Waals surface area contributed by atoms with Crippen LogP contribution >= 0.6 is 0 Å². The molecule has 0 fully saturated rings. The summed E-state index contributed by atoms with van der Waals surface area (Å²) in [6.45, 7) is 3.24. The molecule has 1 N–H and O–H groups in total. The van der Waals surface area contributed by atoms with Crippen LogP contribution in [0.1, 0.15) is 11.4 Å². The second kappa shape index (κ2) is 6.04. The van der Waals surface area contributed by atoms with Gasteiger partial charge in [-0.05, 0) is 24.6 Å². The Morgan fingerprint density at radius 3 is 2.68 bits per heavy atom. The van der Waals surface area contributed by atoms with E-state index >= 15 is 0 Å². The molecule has 0 aliphatic heterocycles. The molecule has 0 saturated carbocycles. The first-order chi connectivity index (χ1) is 9.15. The number of hydrogen-bond acceptors (Lipinski definition) is 3. The lowest BCUT2D eigenvalue weighted by molar-refractivity contribution is -0.136. The van der Waals surface area contributed by atoms with Crippen LogP contribution in [0.15, 0.2) is 36.7 Å². The Labute approximate surface area is 111 Å². The van der Waals surface area contributed by atoms with Crippen molar-refractivity contribution in [2.45, 2.75) is 19.9 Å². The van der Waals surface area contributed by atoms with E-state index < -0.39 is 5.97 Å². The lowest BCUT2D eigenvalue weighted by atomic mass is 10.1. The maximum atomic E-state index is 10.5. The van der Waals surface area contributed by atoms with E-state index in [1.807, 2.05) is 17.7 Å². The van der Waals surface area contributed by atoms with Gasteiger partial charge in [0.15, 0.2) is 0 Å². The minimum atomic E-state index is -0.829. The maximum Gasteiger partial charge on any atom is 0.307 e. The van der Waals surface area contributed by atoms with Crippen molar-refractivity contribution in [3.05, 3.63) is 48.0 Å². The van der Waals surface area contributed by atoms with E-state index in [1.54, 1.807) is 30.5 Å². The fraction of sp³-hybridized carbons (Fsp3) is 0.286. The number of aryl methyl sites for hydroxylation is 1. The van der Waals surface area contributed by atoms with Crippen LogP contribution in [0.2, 0.25) is 0 Å². The van der Waals surface area contributed by atoms with Crippen LogP contribution in [0.3, 0.4) is 0 Å². The van der Waals surface area contributed by atoms with Gasteiger partial charge < -0.3 is 14.4 Å². The van der Waals surface area contributed by atoms with E-state index in [4.69, 9.17) is 9.84 Å². The molecule has 0 bridgehead atoms. The molecule has 2 aromatic rings. The number of hydrogen-bond donors (Lipinski definition) is 1. The van der Waals surface area contributed by atoms with Gasteiger partial charge >= 0.3 is 5.97 Å². The van der Waals surface area contributed by atoms with Crippen molar-refractivity contribution in [1.29, 1.82) is 0 Å². The third-order valence-electron chi connectivity index (χ3n) is 2.80. The van der Waals surface area contributed by atoms with E-state index in [1.165, 1.54) is 0 Å². The number of aliphatic carboxylic acids is 1. The van der Waals surface area contributed by atoms with Crippen molar-refractivity contribution < 1.29 is 14.6 Å². The number of imidazole rings is 1. The standard InChI is InChI=1S/C14H16N2O3/c1-11-15-6-7-16(11)8-9-19-13-4-2-12(3-5-13)10-14(17)18/h2-7H,8-10H2,1H3,(H,17,18). The molecule has 0 aliphatic rings. The molecule has 5 heteroatoms. The van der Waals surface area contributed by atoms with Crippen LogP contribution in [0, 0.1) is 6.92 Å². The minimum absolute atomic E-state index is 0.0362. The number of rotatable bonds is 6. The molecular weight excluding hydrogens is 244 g/mol. The van der Waals surface area contributed by atoms with Crippen molar-refractivity contribution in [3.63, 3.8) is 0 Å². The highest BCUT2D eigenvalue weighted by Gasteiger charge is 2.01. The molecule has 1 aromatic heterocycles. The number of ether oxygens (including phenoxy) is 1. The van der Waals surface area contributed by atoms with Crippen molar-refractivity contribution >= 4 is 5.97 Å². The van der Waals surface area contributed by atoms with Crippen LogP contribution in [0.4, 0.5) is 0 Å². The molecule has 0 unspecified atom stereocenters. The Hall–Kier alpha value is -2.30. The van der Waals surface area contributed by atoms with Crippen molar-refractivity contribution in [3.8, 4) is 5.75 Å². The quantitative estimate of drug-likeness (QED) is 0.861. The van der Waals surface area contributed by atoms with Gasteiger partial charge in [-0.2, -0.15) is 0 Å². The Morgan fingerprint density at radius 1 is 1.37 bits per heavy atom. The number of carboxylic acids is 1. The maximum absolute atomic E-state index is 10.5. The fourth-order valence-electron chi connectivity index (χ4n) is 1.78. The lowest BCUT2D eigenvalue weighted by Gasteiger charge is -2.08. The van der Waals surface area contributed by atoms with Gasteiger partial charge in [0.25, 0.3) is 0 Å². The van der Waals surface area contributed by atoms with Gasteiger partial charge in [-0.3, -0.25) is 4.79 Å². The molecule has 0 atom stereocenters. The number of nitrogens with zero attached hydrogens (tertiary/aromatic N) is 2. The Morgan fingerprint density at radius 2 is 2.11 bits per heavy atom. The zero-order valence-corrected chi connectivity index (χ0v) is 10.7. The summed E-state index contributed by atoms with van der Waals surface area (Å²) in [5, 5.41) is 8.67. The van der Waals surface area contributed by atoms with Gasteiger partial charge in [0.2, 0.25) is 0 Å². The number of carboxylic acid groups (broad SMARTS) is 1. The molecule has 5 nitrogen and oxygen atoms in total. The molecule has 1 aromatic carbocycles. The normalized spacial score (nSPS) is 10.4. The van der Waals surface area contributed by atoms with Gasteiger partial charge in [0, 0.05) is 12.4 Å². The molecule has 0 saturated heterocycles. The first-order valence-electron chi connectivity index (χ1n) is 6.06. The van der Waals surface area contributed by atoms with Gasteiger partial charge in [-0.1, -0.05) is 12.1 Å². The minimum Gasteiger partial charge on any atom is -0.492 e. The van der Waals surface area contributed by atoms with Gasteiger partial charge in [0.05, 0.1) is 13.0 Å². The molecule has 0 radical (unpaired) electrons. The SMILES string of the molecule is Cc1nccn1CCOc1ccc(CC(=O)O)cc1. The third kappa shape index (κ3) is 3.84. The van der Waals surface area contributed by atoms with E-state index in [-0.39, 0.29) is 6.42 Å². The predicted molar refractivity (Wildman–Crippen MR) is 70.2 cm³/mol. The highest BCUT2D eigenvalue weighted by Crippen LogP contribution is 2.12. The van der Waals surface area contributed by atoms with Crippen molar-refractivity contribution in [2.24, 2.45) is 0 Å². The van der Waals surface area contributed by atoms with E-state index in [2.05, 4.69) is 4.98 Å².